The number of benzene rings is 1. The number of nitrogens with zero attached hydrogens (tertiary/aromatic N) is 2. The topological polar surface area (TPSA) is 85.3 Å². The van der Waals surface area contributed by atoms with Gasteiger partial charge < -0.3 is 5.10 Å². The Morgan fingerprint density at radius 1 is 1.14 bits per heavy atom. The molecule has 0 fully saturated rings. The number of rotatable bonds is 4. The molecule has 0 bridgehead atoms. The molecule has 6 heteroatoms. The molecule has 108 valence electrons. The highest BCUT2D eigenvalue weighted by molar-refractivity contribution is 7.98. The summed E-state index contributed by atoms with van der Waals surface area (Å²) in [5.74, 6) is 0.540. The van der Waals surface area contributed by atoms with E-state index in [-0.39, 0.29) is 5.56 Å². The number of hydrogen-bond donors (Lipinski definition) is 2. The van der Waals surface area contributed by atoms with Gasteiger partial charge in [-0.15, -0.1) is 0 Å². The molecule has 2 aromatic heterocycles. The lowest BCUT2D eigenvalue weighted by atomic mass is 10.1. The molecule has 0 unspecified atom stereocenters. The minimum Gasteiger partial charge on any atom is -0.301 e. The van der Waals surface area contributed by atoms with Gasteiger partial charge in [0, 0.05) is 23.1 Å². The molecule has 22 heavy (non-hydrogen) atoms. The lowest BCUT2D eigenvalue weighted by Gasteiger charge is -2.06. The molecule has 0 amide bonds. The largest absolute Gasteiger partial charge is 0.301 e. The Kier molecular flexibility index (Phi) is 4.08. The third kappa shape index (κ3) is 3.10. The van der Waals surface area contributed by atoms with Crippen LogP contribution in [0.15, 0.2) is 58.4 Å². The smallest absolute Gasteiger partial charge is 0.264 e. The zero-order chi connectivity index (χ0) is 15.4. The molecular weight excluding hydrogens is 296 g/mol. The molecule has 0 aliphatic heterocycles. The number of aromatic amines is 2. The maximum atomic E-state index is 11.1. The van der Waals surface area contributed by atoms with Crippen LogP contribution in [0.2, 0.25) is 0 Å². The van der Waals surface area contributed by atoms with Crippen molar-refractivity contribution >= 4 is 11.8 Å². The fourth-order valence-electron chi connectivity index (χ4n) is 2.00. The van der Waals surface area contributed by atoms with Crippen LogP contribution in [0.4, 0.5) is 0 Å². The average Bonchev–Trinajstić information content (AvgIpc) is 2.99. The van der Waals surface area contributed by atoms with Crippen molar-refractivity contribution in [2.24, 2.45) is 0 Å². The van der Waals surface area contributed by atoms with E-state index in [1.807, 2.05) is 36.4 Å². The van der Waals surface area contributed by atoms with E-state index in [4.69, 9.17) is 0 Å². The van der Waals surface area contributed by atoms with Crippen LogP contribution in [-0.4, -0.2) is 15.2 Å². The van der Waals surface area contributed by atoms with Crippen molar-refractivity contribution in [2.75, 3.05) is 0 Å². The van der Waals surface area contributed by atoms with E-state index in [1.165, 1.54) is 17.8 Å². The number of H-pyrrole nitrogens is 2. The predicted molar refractivity (Wildman–Crippen MR) is 85.4 cm³/mol. The third-order valence-corrected chi connectivity index (χ3v) is 4.11. The Balaban J connectivity index is 1.88. The maximum absolute atomic E-state index is 11.1. The first-order chi connectivity index (χ1) is 10.8. The van der Waals surface area contributed by atoms with Crippen LogP contribution in [0.3, 0.4) is 0 Å². The first kappa shape index (κ1) is 14.2. The zero-order valence-electron chi connectivity index (χ0n) is 11.5. The van der Waals surface area contributed by atoms with Gasteiger partial charge in [-0.25, -0.2) is 4.98 Å². The molecular formula is C16H12N4OS. The van der Waals surface area contributed by atoms with Crippen LogP contribution in [-0.2, 0) is 5.75 Å². The van der Waals surface area contributed by atoms with E-state index in [2.05, 4.69) is 21.3 Å². The molecule has 0 aliphatic carbocycles. The number of pyridine rings is 1. The SMILES string of the molecule is N#Cc1ccc(-c2ccccc2)nc1SCc1cc(=O)[nH][nH]1. The van der Waals surface area contributed by atoms with Crippen molar-refractivity contribution in [3.63, 3.8) is 0 Å². The second kappa shape index (κ2) is 6.33. The van der Waals surface area contributed by atoms with E-state index < -0.39 is 0 Å². The summed E-state index contributed by atoms with van der Waals surface area (Å²) in [7, 11) is 0. The van der Waals surface area contributed by atoms with Gasteiger partial charge in [0.2, 0.25) is 0 Å². The van der Waals surface area contributed by atoms with Gasteiger partial charge in [0.15, 0.2) is 0 Å². The van der Waals surface area contributed by atoms with Crippen LogP contribution in [0.5, 0.6) is 0 Å². The summed E-state index contributed by atoms with van der Waals surface area (Å²) >= 11 is 1.42. The van der Waals surface area contributed by atoms with Gasteiger partial charge in [-0.05, 0) is 12.1 Å². The second-order valence-electron chi connectivity index (χ2n) is 4.60. The first-order valence-electron chi connectivity index (χ1n) is 6.62. The number of thioether (sulfide) groups is 1. The Morgan fingerprint density at radius 3 is 2.64 bits per heavy atom. The molecule has 0 atom stereocenters. The fraction of sp³-hybridized carbons (Fsp3) is 0.0625. The maximum Gasteiger partial charge on any atom is 0.264 e. The van der Waals surface area contributed by atoms with Crippen LogP contribution >= 0.6 is 11.8 Å². The van der Waals surface area contributed by atoms with Crippen LogP contribution in [0, 0.1) is 11.3 Å². The van der Waals surface area contributed by atoms with Crippen LogP contribution in [0.1, 0.15) is 11.3 Å². The summed E-state index contributed by atoms with van der Waals surface area (Å²) in [6.45, 7) is 0. The van der Waals surface area contributed by atoms with Crippen molar-refractivity contribution in [3.05, 3.63) is 70.1 Å². The van der Waals surface area contributed by atoms with Gasteiger partial charge in [0.25, 0.3) is 5.56 Å². The minimum absolute atomic E-state index is 0.165. The highest BCUT2D eigenvalue weighted by atomic mass is 32.2. The van der Waals surface area contributed by atoms with Gasteiger partial charge in [-0.1, -0.05) is 42.1 Å². The number of nitriles is 1. The standard InChI is InChI=1S/C16H12N4OS/c17-9-12-6-7-14(11-4-2-1-3-5-11)18-16(12)22-10-13-8-15(21)20-19-13/h1-8H,10H2,(H2,19,20,21). The van der Waals surface area contributed by atoms with E-state index in [0.29, 0.717) is 16.3 Å². The molecule has 1 aromatic carbocycles. The monoisotopic (exact) mass is 308 g/mol. The summed E-state index contributed by atoms with van der Waals surface area (Å²) in [6, 6.07) is 17.1. The van der Waals surface area contributed by atoms with Gasteiger partial charge in [0.05, 0.1) is 11.3 Å². The molecule has 0 spiro atoms. The van der Waals surface area contributed by atoms with Crippen molar-refractivity contribution in [1.29, 1.82) is 5.26 Å². The van der Waals surface area contributed by atoms with Crippen molar-refractivity contribution < 1.29 is 0 Å². The van der Waals surface area contributed by atoms with Crippen molar-refractivity contribution in [1.82, 2.24) is 15.2 Å². The van der Waals surface area contributed by atoms with Crippen LogP contribution < -0.4 is 5.56 Å². The van der Waals surface area contributed by atoms with E-state index in [9.17, 15) is 10.1 Å². The third-order valence-electron chi connectivity index (χ3n) is 3.07. The Morgan fingerprint density at radius 2 is 1.95 bits per heavy atom. The number of aromatic nitrogens is 3. The van der Waals surface area contributed by atoms with Gasteiger partial charge >= 0.3 is 0 Å². The molecule has 2 heterocycles. The fourth-order valence-corrected chi connectivity index (χ4v) is 2.88. The molecule has 0 radical (unpaired) electrons. The molecule has 0 saturated heterocycles. The minimum atomic E-state index is -0.165. The van der Waals surface area contributed by atoms with E-state index in [1.54, 1.807) is 6.07 Å². The summed E-state index contributed by atoms with van der Waals surface area (Å²) in [5, 5.41) is 15.2. The lowest BCUT2D eigenvalue weighted by Crippen LogP contribution is -1.93. The molecule has 0 aliphatic rings. The van der Waals surface area contributed by atoms with Crippen LogP contribution in [0.25, 0.3) is 11.3 Å². The van der Waals surface area contributed by atoms with Crippen molar-refractivity contribution in [2.45, 2.75) is 10.8 Å². The average molecular weight is 308 g/mol. The summed E-state index contributed by atoms with van der Waals surface area (Å²) < 4.78 is 0. The number of nitrogens with one attached hydrogen (secondary N) is 2. The van der Waals surface area contributed by atoms with Gasteiger partial charge in [0.1, 0.15) is 11.1 Å². The lowest BCUT2D eigenvalue weighted by molar-refractivity contribution is 1.01. The summed E-state index contributed by atoms with van der Waals surface area (Å²) in [5.41, 5.74) is 2.96. The molecule has 3 rings (SSSR count). The number of hydrogen-bond acceptors (Lipinski definition) is 4. The predicted octanol–water partition coefficient (Wildman–Crippen LogP) is 2.93. The highest BCUT2D eigenvalue weighted by Crippen LogP contribution is 2.26. The molecule has 5 nitrogen and oxygen atoms in total. The summed E-state index contributed by atoms with van der Waals surface area (Å²) in [4.78, 5) is 15.7. The molecule has 3 aromatic rings. The van der Waals surface area contributed by atoms with Gasteiger partial charge in [-0.3, -0.25) is 9.89 Å². The quantitative estimate of drug-likeness (QED) is 0.726. The summed E-state index contributed by atoms with van der Waals surface area (Å²) in [6.07, 6.45) is 0. The van der Waals surface area contributed by atoms with Crippen molar-refractivity contribution in [3.8, 4) is 17.3 Å². The Labute approximate surface area is 131 Å². The zero-order valence-corrected chi connectivity index (χ0v) is 12.4. The Hall–Kier alpha value is -2.78. The van der Waals surface area contributed by atoms with E-state index in [0.717, 1.165) is 17.0 Å². The highest BCUT2D eigenvalue weighted by Gasteiger charge is 2.09. The van der Waals surface area contributed by atoms with Gasteiger partial charge in [-0.2, -0.15) is 5.26 Å². The van der Waals surface area contributed by atoms with E-state index >= 15 is 0 Å². The normalized spacial score (nSPS) is 10.3. The Bertz CT molecular complexity index is 877. The molecule has 0 saturated carbocycles. The second-order valence-corrected chi connectivity index (χ2v) is 5.56. The first-order valence-corrected chi connectivity index (χ1v) is 7.61. The molecule has 2 N–H and O–H groups in total.